The van der Waals surface area contributed by atoms with Gasteiger partial charge in [-0.15, -0.1) is 0 Å². The molecule has 222 valence electrons. The van der Waals surface area contributed by atoms with Gasteiger partial charge in [0.1, 0.15) is 0 Å². The summed E-state index contributed by atoms with van der Waals surface area (Å²) in [5.41, 5.74) is 11.0. The van der Waals surface area contributed by atoms with E-state index in [1.165, 1.54) is 60.1 Å². The van der Waals surface area contributed by atoms with Gasteiger partial charge in [-0.05, 0) is 89.0 Å². The molecule has 1 aliphatic heterocycles. The van der Waals surface area contributed by atoms with Crippen LogP contribution in [0.4, 0.5) is 11.4 Å². The third kappa shape index (κ3) is 6.30. The van der Waals surface area contributed by atoms with E-state index in [0.717, 1.165) is 25.9 Å². The Morgan fingerprint density at radius 3 is 2.34 bits per heavy atom. The second-order valence-electron chi connectivity index (χ2n) is 13.8. The van der Waals surface area contributed by atoms with E-state index in [4.69, 9.17) is 0 Å². The van der Waals surface area contributed by atoms with Crippen molar-refractivity contribution < 1.29 is 0 Å². The van der Waals surface area contributed by atoms with Crippen LogP contribution in [0.1, 0.15) is 107 Å². The maximum Gasteiger partial charge on any atom is 0.0413 e. The van der Waals surface area contributed by atoms with Crippen molar-refractivity contribution in [2.24, 2.45) is 5.92 Å². The van der Waals surface area contributed by atoms with Crippen LogP contribution in [-0.2, 0) is 10.8 Å². The summed E-state index contributed by atoms with van der Waals surface area (Å²) >= 11 is 8.36. The molecule has 4 rings (SSSR count). The molecule has 3 aromatic rings. The van der Waals surface area contributed by atoms with Gasteiger partial charge in [0.2, 0.25) is 0 Å². The Balaban J connectivity index is 2.07. The minimum absolute atomic E-state index is 0.0322. The third-order valence-corrected chi connectivity index (χ3v) is 10.9. The van der Waals surface area contributed by atoms with Gasteiger partial charge < -0.3 is 9.80 Å². The van der Waals surface area contributed by atoms with Crippen molar-refractivity contribution in [3.05, 3.63) is 90.9 Å². The highest BCUT2D eigenvalue weighted by Gasteiger charge is 2.35. The largest absolute Gasteiger partial charge is 0.375 e. The second kappa shape index (κ2) is 12.4. The Morgan fingerprint density at radius 2 is 1.71 bits per heavy atom. The lowest BCUT2D eigenvalue weighted by Gasteiger charge is -2.35. The van der Waals surface area contributed by atoms with E-state index in [1.54, 1.807) is 0 Å². The molecule has 2 nitrogen and oxygen atoms in total. The molecule has 0 amide bonds. The quantitative estimate of drug-likeness (QED) is 0.218. The van der Waals surface area contributed by atoms with Gasteiger partial charge in [-0.2, -0.15) is 0 Å². The molecule has 4 heteroatoms. The minimum Gasteiger partial charge on any atom is -0.375 e. The zero-order valence-electron chi connectivity index (χ0n) is 27.0. The van der Waals surface area contributed by atoms with Gasteiger partial charge in [-0.25, -0.2) is 0 Å². The van der Waals surface area contributed by atoms with Crippen LogP contribution in [0, 0.1) is 12.8 Å². The van der Waals surface area contributed by atoms with E-state index in [9.17, 15) is 0 Å². The van der Waals surface area contributed by atoms with Crippen LogP contribution in [-0.4, -0.2) is 27.2 Å². The lowest BCUT2D eigenvalue weighted by Crippen LogP contribution is -2.26. The highest BCUT2D eigenvalue weighted by molar-refractivity contribution is 9.11. The zero-order chi connectivity index (χ0) is 30.3. The molecule has 0 spiro atoms. The van der Waals surface area contributed by atoms with Gasteiger partial charge in [0.15, 0.2) is 0 Å². The number of hydrogen-bond acceptors (Lipinski definition) is 2. The van der Waals surface area contributed by atoms with Gasteiger partial charge in [-0.1, -0.05) is 116 Å². The number of aryl methyl sites for hydroxylation is 1. The summed E-state index contributed by atoms with van der Waals surface area (Å²) in [4.78, 5) is 4.85. The van der Waals surface area contributed by atoms with Crippen molar-refractivity contribution in [2.75, 3.05) is 37.0 Å². The molecule has 0 N–H and O–H groups in total. The third-order valence-electron chi connectivity index (χ3n) is 9.41. The Kier molecular flexibility index (Phi) is 9.76. The van der Waals surface area contributed by atoms with Crippen LogP contribution in [0.2, 0.25) is 0 Å². The summed E-state index contributed by atoms with van der Waals surface area (Å²) < 4.78 is 2.42. The first-order valence-corrected chi connectivity index (χ1v) is 17.0. The fourth-order valence-corrected chi connectivity index (χ4v) is 9.03. The van der Waals surface area contributed by atoms with Gasteiger partial charge >= 0.3 is 0 Å². The summed E-state index contributed by atoms with van der Waals surface area (Å²) in [6.45, 7) is 20.9. The lowest BCUT2D eigenvalue weighted by atomic mass is 9.74. The maximum absolute atomic E-state index is 4.26. The van der Waals surface area contributed by atoms with E-state index in [1.807, 2.05) is 0 Å². The number of hydrogen-bond donors (Lipinski definition) is 0. The maximum atomic E-state index is 4.26. The van der Waals surface area contributed by atoms with Gasteiger partial charge in [0.05, 0.1) is 0 Å². The van der Waals surface area contributed by atoms with Crippen LogP contribution in [0.3, 0.4) is 0 Å². The molecule has 0 saturated carbocycles. The van der Waals surface area contributed by atoms with E-state index >= 15 is 0 Å². The Hall–Kier alpha value is -1.78. The smallest absolute Gasteiger partial charge is 0.0413 e. The molecular formula is C37H50Br2N2. The standard InChI is InChI=1S/C37H50Br2N2/c1-11-19-36(5,6)34-31(40(9)12-2)18-17-27(35(34)39)33(26-16-14-13-15-25(26)4)28-20-29-32(21-30(28)38)41(10)23-24(3)22-37(29,7)8/h13-18,20-21,24,33H,11-12,19,22-23H2,1-10H3. The van der Waals surface area contributed by atoms with Crippen LogP contribution in [0.15, 0.2) is 57.5 Å². The number of anilines is 2. The fourth-order valence-electron chi connectivity index (χ4n) is 7.37. The highest BCUT2D eigenvalue weighted by Crippen LogP contribution is 2.50. The van der Waals surface area contributed by atoms with E-state index < -0.39 is 0 Å². The van der Waals surface area contributed by atoms with Crippen molar-refractivity contribution in [2.45, 2.75) is 91.4 Å². The number of benzene rings is 3. The van der Waals surface area contributed by atoms with Crippen LogP contribution < -0.4 is 9.80 Å². The monoisotopic (exact) mass is 680 g/mol. The highest BCUT2D eigenvalue weighted by atomic mass is 79.9. The molecule has 0 saturated heterocycles. The Labute approximate surface area is 267 Å². The molecule has 0 bridgehead atoms. The topological polar surface area (TPSA) is 6.48 Å². The molecule has 2 atom stereocenters. The van der Waals surface area contributed by atoms with E-state index in [2.05, 4.69) is 160 Å². The molecule has 2 unspecified atom stereocenters. The van der Waals surface area contributed by atoms with Crippen molar-refractivity contribution in [1.29, 1.82) is 0 Å². The average molecular weight is 683 g/mol. The van der Waals surface area contributed by atoms with Gasteiger partial charge in [0, 0.05) is 53.4 Å². The van der Waals surface area contributed by atoms with Crippen LogP contribution >= 0.6 is 31.9 Å². The first-order valence-electron chi connectivity index (χ1n) is 15.4. The molecule has 0 aliphatic carbocycles. The van der Waals surface area contributed by atoms with Crippen molar-refractivity contribution in [3.63, 3.8) is 0 Å². The first-order chi connectivity index (χ1) is 19.2. The number of fused-ring (bicyclic) bond motifs is 1. The summed E-state index contributed by atoms with van der Waals surface area (Å²) in [5, 5.41) is 0. The Bertz CT molecular complexity index is 1390. The lowest BCUT2D eigenvalue weighted by molar-refractivity contribution is 0.396. The van der Waals surface area contributed by atoms with Crippen molar-refractivity contribution >= 4 is 43.2 Å². The molecule has 3 aromatic carbocycles. The molecular weight excluding hydrogens is 632 g/mol. The van der Waals surface area contributed by atoms with Gasteiger partial charge in [-0.3, -0.25) is 0 Å². The Morgan fingerprint density at radius 1 is 1.02 bits per heavy atom. The summed E-state index contributed by atoms with van der Waals surface area (Å²) in [6.07, 6.45) is 3.46. The van der Waals surface area contributed by atoms with Crippen LogP contribution in [0.5, 0.6) is 0 Å². The van der Waals surface area contributed by atoms with Crippen LogP contribution in [0.25, 0.3) is 0 Å². The van der Waals surface area contributed by atoms with Gasteiger partial charge in [0.25, 0.3) is 0 Å². The predicted molar refractivity (Wildman–Crippen MR) is 187 cm³/mol. The van der Waals surface area contributed by atoms with E-state index in [-0.39, 0.29) is 16.7 Å². The number of nitrogens with zero attached hydrogens (tertiary/aromatic N) is 2. The van der Waals surface area contributed by atoms with E-state index in [0.29, 0.717) is 5.92 Å². The second-order valence-corrected chi connectivity index (χ2v) is 15.4. The fraction of sp³-hybridized carbons (Fsp3) is 0.514. The number of halogens is 2. The first kappa shape index (κ1) is 32.1. The average Bonchev–Trinajstić information content (AvgIpc) is 2.97. The van der Waals surface area contributed by atoms with Crippen molar-refractivity contribution in [3.8, 4) is 0 Å². The number of rotatable bonds is 8. The molecule has 0 fully saturated rings. The molecule has 0 radical (unpaired) electrons. The summed E-state index contributed by atoms with van der Waals surface area (Å²) in [7, 11) is 4.47. The molecule has 41 heavy (non-hydrogen) atoms. The zero-order valence-corrected chi connectivity index (χ0v) is 30.1. The summed E-state index contributed by atoms with van der Waals surface area (Å²) in [6, 6.07) is 18.6. The summed E-state index contributed by atoms with van der Waals surface area (Å²) in [5.74, 6) is 0.724. The minimum atomic E-state index is 0.0322. The predicted octanol–water partition coefficient (Wildman–Crippen LogP) is 11.0. The van der Waals surface area contributed by atoms with Crippen molar-refractivity contribution in [1.82, 2.24) is 0 Å². The molecule has 1 heterocycles. The SMILES string of the molecule is CCCC(C)(C)c1c(N(C)CC)ccc(C(c2ccccc2C)c2cc3c(cc2Br)N(C)CC(C)CC3(C)C)c1Br. The molecule has 0 aromatic heterocycles. The molecule has 1 aliphatic rings. The normalized spacial score (nSPS) is 17.7.